The molecule has 0 N–H and O–H groups in total. The van der Waals surface area contributed by atoms with E-state index in [0.717, 1.165) is 10.9 Å². The maximum absolute atomic E-state index is 11.3. The molecule has 92 valence electrons. The van der Waals surface area contributed by atoms with Crippen LogP contribution < -0.4 is 10.4 Å². The standard InChI is InChI=1S/C14H13NO3/c1-3-10(8-15)17-11-4-5-12-9(2)6-14(16)18-13(12)7-11/h4-7,10H,3H2,1-2H3. The van der Waals surface area contributed by atoms with E-state index >= 15 is 0 Å². The number of ether oxygens (including phenoxy) is 1. The van der Waals surface area contributed by atoms with Crippen molar-refractivity contribution in [1.29, 1.82) is 5.26 Å². The quantitative estimate of drug-likeness (QED) is 0.777. The molecule has 18 heavy (non-hydrogen) atoms. The van der Waals surface area contributed by atoms with Gasteiger partial charge in [0.15, 0.2) is 6.10 Å². The fourth-order valence-corrected chi connectivity index (χ4v) is 1.74. The molecule has 4 nitrogen and oxygen atoms in total. The van der Waals surface area contributed by atoms with Gasteiger partial charge in [0.2, 0.25) is 0 Å². The summed E-state index contributed by atoms with van der Waals surface area (Å²) in [4.78, 5) is 11.3. The Balaban J connectivity index is 2.45. The van der Waals surface area contributed by atoms with Crippen molar-refractivity contribution in [2.45, 2.75) is 26.4 Å². The van der Waals surface area contributed by atoms with Crippen LogP contribution in [0.3, 0.4) is 0 Å². The van der Waals surface area contributed by atoms with Crippen LogP contribution in [0, 0.1) is 18.3 Å². The van der Waals surface area contributed by atoms with Crippen molar-refractivity contribution in [3.05, 3.63) is 40.2 Å². The van der Waals surface area contributed by atoms with E-state index in [1.807, 2.05) is 19.9 Å². The van der Waals surface area contributed by atoms with Crippen LogP contribution in [0.25, 0.3) is 11.0 Å². The lowest BCUT2D eigenvalue weighted by molar-refractivity contribution is 0.252. The molecule has 1 atom stereocenters. The average Bonchev–Trinajstić information content (AvgIpc) is 2.35. The van der Waals surface area contributed by atoms with Gasteiger partial charge in [0.05, 0.1) is 0 Å². The van der Waals surface area contributed by atoms with Crippen molar-refractivity contribution in [3.63, 3.8) is 0 Å². The summed E-state index contributed by atoms with van der Waals surface area (Å²) in [6.07, 6.45) is 0.116. The van der Waals surface area contributed by atoms with E-state index in [9.17, 15) is 4.79 Å². The minimum atomic E-state index is -0.487. The normalized spacial score (nSPS) is 12.1. The number of nitriles is 1. The van der Waals surface area contributed by atoms with Gasteiger partial charge in [-0.2, -0.15) is 5.26 Å². The first-order valence-electron chi connectivity index (χ1n) is 5.75. The molecule has 0 fully saturated rings. The summed E-state index contributed by atoms with van der Waals surface area (Å²) < 4.78 is 10.6. The molecule has 0 aliphatic heterocycles. The van der Waals surface area contributed by atoms with Crippen LogP contribution in [-0.4, -0.2) is 6.10 Å². The van der Waals surface area contributed by atoms with Gasteiger partial charge in [-0.05, 0) is 31.0 Å². The van der Waals surface area contributed by atoms with Crippen LogP contribution >= 0.6 is 0 Å². The van der Waals surface area contributed by atoms with Crippen LogP contribution in [0.5, 0.6) is 5.75 Å². The topological polar surface area (TPSA) is 63.2 Å². The third-order valence-corrected chi connectivity index (χ3v) is 2.72. The molecule has 0 radical (unpaired) electrons. The van der Waals surface area contributed by atoms with Crippen molar-refractivity contribution in [1.82, 2.24) is 0 Å². The SMILES string of the molecule is CCC(C#N)Oc1ccc2c(C)cc(=O)oc2c1. The summed E-state index contributed by atoms with van der Waals surface area (Å²) in [5, 5.41) is 9.71. The molecule has 1 aromatic carbocycles. The third kappa shape index (κ3) is 2.35. The van der Waals surface area contributed by atoms with Crippen LogP contribution in [-0.2, 0) is 0 Å². The van der Waals surface area contributed by atoms with Crippen LogP contribution in [0.15, 0.2) is 33.5 Å². The zero-order chi connectivity index (χ0) is 13.1. The summed E-state index contributed by atoms with van der Waals surface area (Å²) in [6.45, 7) is 3.73. The first kappa shape index (κ1) is 12.2. The van der Waals surface area contributed by atoms with E-state index in [-0.39, 0.29) is 5.63 Å². The number of hydrogen-bond donors (Lipinski definition) is 0. The Morgan fingerprint density at radius 1 is 1.44 bits per heavy atom. The second-order valence-electron chi connectivity index (χ2n) is 4.05. The van der Waals surface area contributed by atoms with Crippen LogP contribution in [0.1, 0.15) is 18.9 Å². The zero-order valence-electron chi connectivity index (χ0n) is 10.3. The number of benzene rings is 1. The Kier molecular flexibility index (Phi) is 3.33. The summed E-state index contributed by atoms with van der Waals surface area (Å²) in [5.41, 5.74) is 0.954. The summed E-state index contributed by atoms with van der Waals surface area (Å²) in [6, 6.07) is 8.75. The van der Waals surface area contributed by atoms with Crippen molar-refractivity contribution < 1.29 is 9.15 Å². The second kappa shape index (κ2) is 4.92. The van der Waals surface area contributed by atoms with Crippen molar-refractivity contribution in [2.24, 2.45) is 0 Å². The Bertz CT molecular complexity index is 667. The highest BCUT2D eigenvalue weighted by atomic mass is 16.5. The molecular weight excluding hydrogens is 230 g/mol. The van der Waals surface area contributed by atoms with E-state index in [4.69, 9.17) is 14.4 Å². The number of aryl methyl sites for hydroxylation is 1. The molecule has 2 rings (SSSR count). The van der Waals surface area contributed by atoms with Crippen LogP contribution in [0.2, 0.25) is 0 Å². The minimum absolute atomic E-state index is 0.385. The highest BCUT2D eigenvalue weighted by Gasteiger charge is 2.08. The van der Waals surface area contributed by atoms with E-state index in [2.05, 4.69) is 6.07 Å². The van der Waals surface area contributed by atoms with Gasteiger partial charge in [-0.15, -0.1) is 0 Å². The molecule has 1 aromatic heterocycles. The summed E-state index contributed by atoms with van der Waals surface area (Å²) in [7, 11) is 0. The number of hydrogen-bond acceptors (Lipinski definition) is 4. The van der Waals surface area contributed by atoms with Gasteiger partial charge in [0.25, 0.3) is 0 Å². The predicted molar refractivity (Wildman–Crippen MR) is 67.5 cm³/mol. The first-order chi connectivity index (χ1) is 8.63. The Hall–Kier alpha value is -2.28. The fraction of sp³-hybridized carbons (Fsp3) is 0.286. The predicted octanol–water partition coefficient (Wildman–Crippen LogP) is 2.78. The molecule has 0 aliphatic rings. The number of nitrogens with zero attached hydrogens (tertiary/aromatic N) is 1. The molecule has 2 aromatic rings. The van der Waals surface area contributed by atoms with Gasteiger partial charge >= 0.3 is 5.63 Å². The van der Waals surface area contributed by atoms with Gasteiger partial charge in [-0.3, -0.25) is 0 Å². The minimum Gasteiger partial charge on any atom is -0.475 e. The van der Waals surface area contributed by atoms with E-state index in [1.165, 1.54) is 6.07 Å². The van der Waals surface area contributed by atoms with Crippen molar-refractivity contribution in [2.75, 3.05) is 0 Å². The average molecular weight is 243 g/mol. The molecule has 1 unspecified atom stereocenters. The molecule has 0 saturated carbocycles. The Morgan fingerprint density at radius 3 is 2.89 bits per heavy atom. The van der Waals surface area contributed by atoms with Crippen molar-refractivity contribution >= 4 is 11.0 Å². The Morgan fingerprint density at radius 2 is 2.22 bits per heavy atom. The highest BCUT2D eigenvalue weighted by Crippen LogP contribution is 2.23. The highest BCUT2D eigenvalue weighted by molar-refractivity contribution is 5.81. The molecule has 0 bridgehead atoms. The zero-order valence-corrected chi connectivity index (χ0v) is 10.3. The van der Waals surface area contributed by atoms with Crippen LogP contribution in [0.4, 0.5) is 0 Å². The molecule has 0 saturated heterocycles. The van der Waals surface area contributed by atoms with Gasteiger partial charge in [0.1, 0.15) is 17.4 Å². The molecule has 0 aliphatic carbocycles. The largest absolute Gasteiger partial charge is 0.475 e. The van der Waals surface area contributed by atoms with E-state index < -0.39 is 6.10 Å². The molecule has 0 spiro atoms. The Labute approximate surface area is 104 Å². The monoisotopic (exact) mass is 243 g/mol. The lowest BCUT2D eigenvalue weighted by Crippen LogP contribution is -2.12. The summed E-state index contributed by atoms with van der Waals surface area (Å²) in [5.74, 6) is 0.532. The third-order valence-electron chi connectivity index (χ3n) is 2.72. The summed E-state index contributed by atoms with van der Waals surface area (Å²) >= 11 is 0. The van der Waals surface area contributed by atoms with Gasteiger partial charge in [-0.25, -0.2) is 4.79 Å². The molecule has 1 heterocycles. The molecule has 4 heteroatoms. The first-order valence-corrected chi connectivity index (χ1v) is 5.75. The van der Waals surface area contributed by atoms with E-state index in [1.54, 1.807) is 12.1 Å². The maximum atomic E-state index is 11.3. The van der Waals surface area contributed by atoms with Crippen molar-refractivity contribution in [3.8, 4) is 11.8 Å². The van der Waals surface area contributed by atoms with Gasteiger partial charge in [0, 0.05) is 17.5 Å². The van der Waals surface area contributed by atoms with Gasteiger partial charge < -0.3 is 9.15 Å². The second-order valence-corrected chi connectivity index (χ2v) is 4.05. The smallest absolute Gasteiger partial charge is 0.336 e. The number of rotatable bonds is 3. The maximum Gasteiger partial charge on any atom is 0.336 e. The number of fused-ring (bicyclic) bond motifs is 1. The van der Waals surface area contributed by atoms with Gasteiger partial charge in [-0.1, -0.05) is 6.92 Å². The fourth-order valence-electron chi connectivity index (χ4n) is 1.74. The van der Waals surface area contributed by atoms with E-state index in [0.29, 0.717) is 17.8 Å². The lowest BCUT2D eigenvalue weighted by Gasteiger charge is -2.10. The molecular formula is C14H13NO3. The lowest BCUT2D eigenvalue weighted by atomic mass is 10.1. The molecule has 0 amide bonds.